The highest BCUT2D eigenvalue weighted by molar-refractivity contribution is 5.41. The predicted octanol–water partition coefficient (Wildman–Crippen LogP) is 2.91. The molecule has 0 bridgehead atoms. The van der Waals surface area contributed by atoms with E-state index in [4.69, 9.17) is 0 Å². The van der Waals surface area contributed by atoms with E-state index in [2.05, 4.69) is 4.98 Å². The van der Waals surface area contributed by atoms with Crippen molar-refractivity contribution in [3.8, 4) is 0 Å². The fourth-order valence-electron chi connectivity index (χ4n) is 2.30. The van der Waals surface area contributed by atoms with Crippen LogP contribution in [0.5, 0.6) is 0 Å². The summed E-state index contributed by atoms with van der Waals surface area (Å²) < 4.78 is 37.7. The summed E-state index contributed by atoms with van der Waals surface area (Å²) in [6.07, 6.45) is -2.92. The number of anilines is 1. The fraction of sp³-hybridized carbons (Fsp3) is 0.615. The van der Waals surface area contributed by atoms with E-state index in [-0.39, 0.29) is 12.8 Å². The molecule has 1 aromatic rings. The molecule has 3 nitrogen and oxygen atoms in total. The van der Waals surface area contributed by atoms with Crippen LogP contribution in [0.25, 0.3) is 0 Å². The SMILES string of the molecule is C[C@H](O)c1ccnc(N2CCC(C(F)(F)F)CC2)c1. The van der Waals surface area contributed by atoms with E-state index < -0.39 is 18.2 Å². The minimum absolute atomic E-state index is 0.101. The first-order chi connectivity index (χ1) is 8.88. The van der Waals surface area contributed by atoms with Gasteiger partial charge in [-0.2, -0.15) is 13.2 Å². The summed E-state index contributed by atoms with van der Waals surface area (Å²) in [5, 5.41) is 9.50. The van der Waals surface area contributed by atoms with Gasteiger partial charge in [0.25, 0.3) is 0 Å². The molecule has 1 saturated heterocycles. The second-order valence-electron chi connectivity index (χ2n) is 4.93. The van der Waals surface area contributed by atoms with Crippen LogP contribution in [-0.4, -0.2) is 29.4 Å². The number of aliphatic hydroxyl groups is 1. The highest BCUT2D eigenvalue weighted by atomic mass is 19.4. The van der Waals surface area contributed by atoms with Gasteiger partial charge in [-0.1, -0.05) is 0 Å². The minimum Gasteiger partial charge on any atom is -0.389 e. The summed E-state index contributed by atoms with van der Waals surface area (Å²) in [5.41, 5.74) is 0.725. The van der Waals surface area contributed by atoms with Crippen molar-refractivity contribution in [2.24, 2.45) is 5.92 Å². The quantitative estimate of drug-likeness (QED) is 0.900. The van der Waals surface area contributed by atoms with Gasteiger partial charge in [0.2, 0.25) is 0 Å². The van der Waals surface area contributed by atoms with Crippen molar-refractivity contribution in [2.45, 2.75) is 32.0 Å². The summed E-state index contributed by atoms with van der Waals surface area (Å²) in [6, 6.07) is 3.44. The lowest BCUT2D eigenvalue weighted by atomic mass is 9.96. The Bertz CT molecular complexity index is 426. The second kappa shape index (κ2) is 5.36. The Morgan fingerprint density at radius 2 is 2.00 bits per heavy atom. The Morgan fingerprint density at radius 1 is 1.37 bits per heavy atom. The highest BCUT2D eigenvalue weighted by Crippen LogP contribution is 2.35. The summed E-state index contributed by atoms with van der Waals surface area (Å²) in [4.78, 5) is 6.01. The van der Waals surface area contributed by atoms with E-state index in [0.29, 0.717) is 18.9 Å². The molecule has 0 radical (unpaired) electrons. The van der Waals surface area contributed by atoms with Crippen molar-refractivity contribution in [1.82, 2.24) is 4.98 Å². The lowest BCUT2D eigenvalue weighted by molar-refractivity contribution is -0.179. The van der Waals surface area contributed by atoms with E-state index >= 15 is 0 Å². The van der Waals surface area contributed by atoms with Crippen LogP contribution in [0.15, 0.2) is 18.3 Å². The van der Waals surface area contributed by atoms with Crippen molar-refractivity contribution >= 4 is 5.82 Å². The van der Waals surface area contributed by atoms with Crippen LogP contribution in [0, 0.1) is 5.92 Å². The molecule has 0 spiro atoms. The van der Waals surface area contributed by atoms with Gasteiger partial charge in [-0.25, -0.2) is 4.98 Å². The molecule has 106 valence electrons. The molecule has 19 heavy (non-hydrogen) atoms. The Balaban J connectivity index is 2.03. The van der Waals surface area contributed by atoms with Crippen molar-refractivity contribution in [3.05, 3.63) is 23.9 Å². The first-order valence-electron chi connectivity index (χ1n) is 6.33. The number of hydrogen-bond acceptors (Lipinski definition) is 3. The van der Waals surface area contributed by atoms with E-state index in [9.17, 15) is 18.3 Å². The zero-order valence-electron chi connectivity index (χ0n) is 10.7. The minimum atomic E-state index is -4.10. The van der Waals surface area contributed by atoms with Crippen LogP contribution >= 0.6 is 0 Å². The number of piperidine rings is 1. The molecular weight excluding hydrogens is 257 g/mol. The molecule has 2 heterocycles. The number of rotatable bonds is 2. The van der Waals surface area contributed by atoms with Crippen molar-refractivity contribution in [2.75, 3.05) is 18.0 Å². The van der Waals surface area contributed by atoms with E-state index in [1.807, 2.05) is 4.90 Å². The Kier molecular flexibility index (Phi) is 3.99. The topological polar surface area (TPSA) is 36.4 Å². The lowest BCUT2D eigenvalue weighted by Crippen LogP contribution is -2.39. The number of nitrogens with zero attached hydrogens (tertiary/aromatic N) is 2. The summed E-state index contributed by atoms with van der Waals surface area (Å²) in [7, 11) is 0. The number of aliphatic hydroxyl groups excluding tert-OH is 1. The molecule has 0 saturated carbocycles. The molecular formula is C13H17F3N2O. The summed E-state index contributed by atoms with van der Waals surface area (Å²) in [6.45, 7) is 2.34. The third-order valence-electron chi connectivity index (χ3n) is 3.53. The fourth-order valence-corrected chi connectivity index (χ4v) is 2.30. The maximum atomic E-state index is 12.6. The van der Waals surface area contributed by atoms with Crippen LogP contribution in [0.4, 0.5) is 19.0 Å². The lowest BCUT2D eigenvalue weighted by Gasteiger charge is -2.33. The number of hydrogen-bond donors (Lipinski definition) is 1. The molecule has 1 aliphatic heterocycles. The van der Waals surface area contributed by atoms with Crippen molar-refractivity contribution in [1.29, 1.82) is 0 Å². The monoisotopic (exact) mass is 274 g/mol. The van der Waals surface area contributed by atoms with Gasteiger partial charge in [0.1, 0.15) is 5.82 Å². The smallest absolute Gasteiger partial charge is 0.389 e. The number of halogens is 3. The Hall–Kier alpha value is -1.30. The summed E-state index contributed by atoms with van der Waals surface area (Å²) >= 11 is 0. The van der Waals surface area contributed by atoms with Gasteiger partial charge >= 0.3 is 6.18 Å². The third-order valence-corrected chi connectivity index (χ3v) is 3.53. The molecule has 0 aliphatic carbocycles. The van der Waals surface area contributed by atoms with Crippen molar-refractivity contribution in [3.63, 3.8) is 0 Å². The zero-order valence-corrected chi connectivity index (χ0v) is 10.7. The number of aromatic nitrogens is 1. The van der Waals surface area contributed by atoms with Crippen LogP contribution in [0.1, 0.15) is 31.4 Å². The molecule has 2 rings (SSSR count). The van der Waals surface area contributed by atoms with E-state index in [1.165, 1.54) is 0 Å². The standard InChI is InChI=1S/C13H17F3N2O/c1-9(19)10-2-5-17-12(8-10)18-6-3-11(4-7-18)13(14,15)16/h2,5,8-9,11,19H,3-4,6-7H2,1H3/t9-/m0/s1. The van der Waals surface area contributed by atoms with E-state index in [0.717, 1.165) is 5.56 Å². The molecule has 1 fully saturated rings. The van der Waals surface area contributed by atoms with Gasteiger partial charge in [-0.05, 0) is 37.5 Å². The molecule has 1 atom stereocenters. The van der Waals surface area contributed by atoms with Gasteiger partial charge in [0.15, 0.2) is 0 Å². The molecule has 0 aromatic carbocycles. The third kappa shape index (κ3) is 3.37. The largest absolute Gasteiger partial charge is 0.391 e. The van der Waals surface area contributed by atoms with Gasteiger partial charge in [0, 0.05) is 19.3 Å². The van der Waals surface area contributed by atoms with Gasteiger partial charge < -0.3 is 10.0 Å². The maximum absolute atomic E-state index is 12.6. The molecule has 0 unspecified atom stereocenters. The van der Waals surface area contributed by atoms with Crippen LogP contribution in [0.2, 0.25) is 0 Å². The average Bonchev–Trinajstić information content (AvgIpc) is 2.38. The first kappa shape index (κ1) is 14.1. The first-order valence-corrected chi connectivity index (χ1v) is 6.33. The molecule has 1 aliphatic rings. The normalized spacial score (nSPS) is 19.5. The summed E-state index contributed by atoms with van der Waals surface area (Å²) in [5.74, 6) is -0.567. The van der Waals surface area contributed by atoms with Crippen LogP contribution in [0.3, 0.4) is 0 Å². The molecule has 0 amide bonds. The van der Waals surface area contributed by atoms with Crippen molar-refractivity contribution < 1.29 is 18.3 Å². The highest BCUT2D eigenvalue weighted by Gasteiger charge is 2.41. The number of alkyl halides is 3. The van der Waals surface area contributed by atoms with E-state index in [1.54, 1.807) is 25.3 Å². The molecule has 1 N–H and O–H groups in total. The van der Waals surface area contributed by atoms with Crippen LogP contribution < -0.4 is 4.90 Å². The number of pyridine rings is 1. The average molecular weight is 274 g/mol. The Labute approximate surface area is 110 Å². The van der Waals surface area contributed by atoms with Gasteiger partial charge in [-0.15, -0.1) is 0 Å². The maximum Gasteiger partial charge on any atom is 0.391 e. The van der Waals surface area contributed by atoms with Crippen LogP contribution in [-0.2, 0) is 0 Å². The second-order valence-corrected chi connectivity index (χ2v) is 4.93. The predicted molar refractivity (Wildman–Crippen MR) is 65.9 cm³/mol. The molecule has 6 heteroatoms. The molecule has 1 aromatic heterocycles. The Morgan fingerprint density at radius 3 is 2.53 bits per heavy atom. The zero-order chi connectivity index (χ0) is 14.0. The van der Waals surface area contributed by atoms with Gasteiger partial charge in [-0.3, -0.25) is 0 Å². The van der Waals surface area contributed by atoms with Gasteiger partial charge in [0.05, 0.1) is 12.0 Å².